The van der Waals surface area contributed by atoms with Crippen LogP contribution in [-0.4, -0.2) is 13.0 Å². The van der Waals surface area contributed by atoms with Crippen LogP contribution in [-0.2, 0) is 11.2 Å². The van der Waals surface area contributed by atoms with Crippen molar-refractivity contribution in [3.8, 4) is 5.75 Å². The van der Waals surface area contributed by atoms with Gasteiger partial charge < -0.3 is 14.5 Å². The van der Waals surface area contributed by atoms with Gasteiger partial charge in [0.1, 0.15) is 11.3 Å². The van der Waals surface area contributed by atoms with E-state index in [1.165, 1.54) is 0 Å². The molecule has 3 aromatic rings. The summed E-state index contributed by atoms with van der Waals surface area (Å²) in [5.41, 5.74) is 2.39. The zero-order chi connectivity index (χ0) is 14.7. The van der Waals surface area contributed by atoms with Crippen molar-refractivity contribution in [2.24, 2.45) is 0 Å². The molecule has 1 amide bonds. The lowest BCUT2D eigenvalue weighted by atomic mass is 10.1. The minimum absolute atomic E-state index is 0.0881. The first-order chi connectivity index (χ1) is 10.3. The molecule has 21 heavy (non-hydrogen) atoms. The van der Waals surface area contributed by atoms with Gasteiger partial charge in [0.15, 0.2) is 0 Å². The molecular formula is C17H15NO3. The number of para-hydroxylation sites is 1. The second-order valence-corrected chi connectivity index (χ2v) is 4.71. The molecule has 4 heteroatoms. The Morgan fingerprint density at radius 3 is 2.90 bits per heavy atom. The van der Waals surface area contributed by atoms with Crippen molar-refractivity contribution in [1.82, 2.24) is 0 Å². The lowest BCUT2D eigenvalue weighted by Crippen LogP contribution is -2.14. The van der Waals surface area contributed by atoms with E-state index in [-0.39, 0.29) is 12.3 Å². The van der Waals surface area contributed by atoms with Crippen LogP contribution >= 0.6 is 0 Å². The minimum Gasteiger partial charge on any atom is -0.497 e. The Hall–Kier alpha value is -2.75. The zero-order valence-electron chi connectivity index (χ0n) is 11.6. The fourth-order valence-electron chi connectivity index (χ4n) is 2.25. The maximum absolute atomic E-state index is 12.1. The highest BCUT2D eigenvalue weighted by atomic mass is 16.5. The number of furan rings is 1. The Labute approximate surface area is 122 Å². The SMILES string of the molecule is COc1cccc(NC(=O)Cc2coc3ccccc23)c1. The van der Waals surface area contributed by atoms with E-state index >= 15 is 0 Å². The number of hydrogen-bond donors (Lipinski definition) is 1. The summed E-state index contributed by atoms with van der Waals surface area (Å²) >= 11 is 0. The molecule has 3 rings (SSSR count). The number of fused-ring (bicyclic) bond motifs is 1. The summed E-state index contributed by atoms with van der Waals surface area (Å²) in [5.74, 6) is 0.622. The molecule has 2 aromatic carbocycles. The molecular weight excluding hydrogens is 266 g/mol. The zero-order valence-corrected chi connectivity index (χ0v) is 11.6. The lowest BCUT2D eigenvalue weighted by Gasteiger charge is -2.06. The van der Waals surface area contributed by atoms with Crippen LogP contribution in [0, 0.1) is 0 Å². The van der Waals surface area contributed by atoms with E-state index in [1.54, 1.807) is 19.4 Å². The summed E-state index contributed by atoms with van der Waals surface area (Å²) in [6, 6.07) is 15.0. The van der Waals surface area contributed by atoms with Crippen LogP contribution in [0.15, 0.2) is 59.2 Å². The van der Waals surface area contributed by atoms with Crippen LogP contribution in [0.2, 0.25) is 0 Å². The lowest BCUT2D eigenvalue weighted by molar-refractivity contribution is -0.115. The largest absolute Gasteiger partial charge is 0.497 e. The van der Waals surface area contributed by atoms with Gasteiger partial charge in [-0.25, -0.2) is 0 Å². The van der Waals surface area contributed by atoms with Gasteiger partial charge in [0.25, 0.3) is 0 Å². The maximum Gasteiger partial charge on any atom is 0.228 e. The number of carbonyl (C=O) groups excluding carboxylic acids is 1. The summed E-state index contributed by atoms with van der Waals surface area (Å²) in [5, 5.41) is 3.83. The molecule has 0 aliphatic heterocycles. The normalized spacial score (nSPS) is 10.5. The van der Waals surface area contributed by atoms with Gasteiger partial charge in [0.05, 0.1) is 19.8 Å². The number of carbonyl (C=O) groups is 1. The Morgan fingerprint density at radius 1 is 1.19 bits per heavy atom. The summed E-state index contributed by atoms with van der Waals surface area (Å²) in [4.78, 5) is 12.1. The van der Waals surface area contributed by atoms with Crippen LogP contribution in [0.5, 0.6) is 5.75 Å². The molecule has 1 heterocycles. The topological polar surface area (TPSA) is 51.5 Å². The predicted octanol–water partition coefficient (Wildman–Crippen LogP) is 3.62. The molecule has 0 radical (unpaired) electrons. The van der Waals surface area contributed by atoms with Gasteiger partial charge in [0.2, 0.25) is 5.91 Å². The van der Waals surface area contributed by atoms with Gasteiger partial charge in [0, 0.05) is 22.7 Å². The number of benzene rings is 2. The molecule has 0 saturated heterocycles. The van der Waals surface area contributed by atoms with Crippen molar-refractivity contribution < 1.29 is 13.9 Å². The minimum atomic E-state index is -0.0881. The summed E-state index contributed by atoms with van der Waals surface area (Å²) in [6.45, 7) is 0. The molecule has 0 bridgehead atoms. The van der Waals surface area contributed by atoms with Crippen molar-refractivity contribution >= 4 is 22.6 Å². The molecule has 0 unspecified atom stereocenters. The molecule has 0 atom stereocenters. The number of ether oxygens (including phenoxy) is 1. The Kier molecular flexibility index (Phi) is 3.60. The van der Waals surface area contributed by atoms with Crippen LogP contribution < -0.4 is 10.1 Å². The number of hydrogen-bond acceptors (Lipinski definition) is 3. The Morgan fingerprint density at radius 2 is 2.05 bits per heavy atom. The molecule has 4 nitrogen and oxygen atoms in total. The quantitative estimate of drug-likeness (QED) is 0.794. The monoisotopic (exact) mass is 281 g/mol. The van der Waals surface area contributed by atoms with Gasteiger partial charge in [-0.1, -0.05) is 24.3 Å². The van der Waals surface area contributed by atoms with Crippen LogP contribution in [0.1, 0.15) is 5.56 Å². The van der Waals surface area contributed by atoms with E-state index < -0.39 is 0 Å². The van der Waals surface area contributed by atoms with Crippen molar-refractivity contribution in [3.05, 3.63) is 60.4 Å². The van der Waals surface area contributed by atoms with Crippen molar-refractivity contribution in [3.63, 3.8) is 0 Å². The standard InChI is InChI=1S/C17H15NO3/c1-20-14-6-4-5-13(10-14)18-17(19)9-12-11-21-16-8-3-2-7-15(12)16/h2-8,10-11H,9H2,1H3,(H,18,19). The first-order valence-electron chi connectivity index (χ1n) is 6.65. The number of methoxy groups -OCH3 is 1. The van der Waals surface area contributed by atoms with Gasteiger partial charge in [-0.15, -0.1) is 0 Å². The molecule has 0 saturated carbocycles. The van der Waals surface area contributed by atoms with E-state index in [0.29, 0.717) is 11.4 Å². The smallest absolute Gasteiger partial charge is 0.228 e. The molecule has 106 valence electrons. The van der Waals surface area contributed by atoms with Gasteiger partial charge in [-0.2, -0.15) is 0 Å². The van der Waals surface area contributed by atoms with Crippen molar-refractivity contribution in [2.75, 3.05) is 12.4 Å². The first kappa shape index (κ1) is 13.2. The first-order valence-corrected chi connectivity index (χ1v) is 6.65. The van der Waals surface area contributed by atoms with E-state index in [1.807, 2.05) is 42.5 Å². The highest BCUT2D eigenvalue weighted by Gasteiger charge is 2.10. The van der Waals surface area contributed by atoms with E-state index in [9.17, 15) is 4.79 Å². The van der Waals surface area contributed by atoms with Crippen LogP contribution in [0.25, 0.3) is 11.0 Å². The molecule has 1 N–H and O–H groups in total. The predicted molar refractivity (Wildman–Crippen MR) is 81.5 cm³/mol. The van der Waals surface area contributed by atoms with Gasteiger partial charge >= 0.3 is 0 Å². The number of nitrogens with one attached hydrogen (secondary N) is 1. The van der Waals surface area contributed by atoms with E-state index in [0.717, 1.165) is 16.5 Å². The van der Waals surface area contributed by atoms with Crippen molar-refractivity contribution in [1.29, 1.82) is 0 Å². The molecule has 0 aliphatic rings. The molecule has 1 aromatic heterocycles. The third-order valence-electron chi connectivity index (χ3n) is 3.27. The number of rotatable bonds is 4. The highest BCUT2D eigenvalue weighted by molar-refractivity contribution is 5.95. The molecule has 0 fully saturated rings. The summed E-state index contributed by atoms with van der Waals surface area (Å²) in [7, 11) is 1.60. The summed E-state index contributed by atoms with van der Waals surface area (Å²) in [6.07, 6.45) is 1.91. The fourth-order valence-corrected chi connectivity index (χ4v) is 2.25. The highest BCUT2D eigenvalue weighted by Crippen LogP contribution is 2.22. The second-order valence-electron chi connectivity index (χ2n) is 4.71. The number of amides is 1. The molecule has 0 aliphatic carbocycles. The average molecular weight is 281 g/mol. The van der Waals surface area contributed by atoms with Crippen molar-refractivity contribution in [2.45, 2.75) is 6.42 Å². The van der Waals surface area contributed by atoms with Crippen LogP contribution in [0.3, 0.4) is 0 Å². The average Bonchev–Trinajstić information content (AvgIpc) is 2.91. The third-order valence-corrected chi connectivity index (χ3v) is 3.27. The maximum atomic E-state index is 12.1. The van der Waals surface area contributed by atoms with Crippen LogP contribution in [0.4, 0.5) is 5.69 Å². The number of anilines is 1. The fraction of sp³-hybridized carbons (Fsp3) is 0.118. The van der Waals surface area contributed by atoms with E-state index in [4.69, 9.17) is 9.15 Å². The molecule has 0 spiro atoms. The Balaban J connectivity index is 1.74. The van der Waals surface area contributed by atoms with Gasteiger partial charge in [-0.3, -0.25) is 4.79 Å². The van der Waals surface area contributed by atoms with Gasteiger partial charge in [-0.05, 0) is 18.2 Å². The third kappa shape index (κ3) is 2.89. The van der Waals surface area contributed by atoms with E-state index in [2.05, 4.69) is 5.32 Å². The Bertz CT molecular complexity index is 776. The second kappa shape index (κ2) is 5.71. The summed E-state index contributed by atoms with van der Waals surface area (Å²) < 4.78 is 10.6.